The largest absolute Gasteiger partial charge is 0.496 e. The maximum Gasteiger partial charge on any atom is 0.127 e. The summed E-state index contributed by atoms with van der Waals surface area (Å²) in [4.78, 5) is 0. The highest BCUT2D eigenvalue weighted by Crippen LogP contribution is 2.15. The van der Waals surface area contributed by atoms with Crippen LogP contribution in [-0.4, -0.2) is 27.4 Å². The number of methoxy groups -OCH3 is 2. The van der Waals surface area contributed by atoms with Crippen molar-refractivity contribution in [3.8, 4) is 5.75 Å². The molecule has 0 spiro atoms. The summed E-state index contributed by atoms with van der Waals surface area (Å²) < 4.78 is 10.2. The van der Waals surface area contributed by atoms with Crippen molar-refractivity contribution in [3.05, 3.63) is 29.8 Å². The van der Waals surface area contributed by atoms with Gasteiger partial charge < -0.3 is 14.8 Å². The van der Waals surface area contributed by atoms with E-state index in [1.165, 1.54) is 5.56 Å². The van der Waals surface area contributed by atoms with Crippen LogP contribution < -0.4 is 10.1 Å². The van der Waals surface area contributed by atoms with Gasteiger partial charge in [0.15, 0.2) is 0 Å². The SMILES string of the molecule is COCC[NH2+]Cc1ccccc1OC. The Bertz CT molecular complexity index is 263. The van der Waals surface area contributed by atoms with E-state index in [2.05, 4.69) is 11.4 Å². The molecule has 0 unspecified atom stereocenters. The molecule has 0 aliphatic rings. The maximum absolute atomic E-state index is 5.25. The van der Waals surface area contributed by atoms with Crippen LogP contribution in [0.1, 0.15) is 5.56 Å². The molecule has 1 rings (SSSR count). The highest BCUT2D eigenvalue weighted by Gasteiger charge is 2.02. The first-order valence-corrected chi connectivity index (χ1v) is 4.81. The van der Waals surface area contributed by atoms with Gasteiger partial charge >= 0.3 is 0 Å². The van der Waals surface area contributed by atoms with Gasteiger partial charge in [-0.25, -0.2) is 0 Å². The number of ether oxygens (including phenoxy) is 2. The molecule has 3 nitrogen and oxygen atoms in total. The molecule has 1 aromatic rings. The molecule has 0 bridgehead atoms. The zero-order chi connectivity index (χ0) is 10.2. The lowest BCUT2D eigenvalue weighted by atomic mass is 10.2. The van der Waals surface area contributed by atoms with E-state index >= 15 is 0 Å². The summed E-state index contributed by atoms with van der Waals surface area (Å²) >= 11 is 0. The van der Waals surface area contributed by atoms with E-state index in [1.807, 2.05) is 18.2 Å². The first kappa shape index (κ1) is 11.0. The second-order valence-electron chi connectivity index (χ2n) is 3.09. The number of nitrogens with two attached hydrogens (primary N) is 1. The molecule has 0 amide bonds. The molecule has 2 N–H and O–H groups in total. The average molecular weight is 196 g/mol. The van der Waals surface area contributed by atoms with Gasteiger partial charge in [-0.2, -0.15) is 0 Å². The van der Waals surface area contributed by atoms with Crippen LogP contribution in [0, 0.1) is 0 Å². The van der Waals surface area contributed by atoms with Gasteiger partial charge in [0, 0.05) is 12.7 Å². The molecular weight excluding hydrogens is 178 g/mol. The van der Waals surface area contributed by atoms with Gasteiger partial charge in [0.2, 0.25) is 0 Å². The van der Waals surface area contributed by atoms with E-state index < -0.39 is 0 Å². The average Bonchev–Trinajstić information content (AvgIpc) is 2.25. The number of quaternary nitrogens is 1. The molecule has 0 heterocycles. The third-order valence-electron chi connectivity index (χ3n) is 2.08. The van der Waals surface area contributed by atoms with E-state index in [-0.39, 0.29) is 0 Å². The minimum atomic E-state index is 0.787. The van der Waals surface area contributed by atoms with Crippen molar-refractivity contribution >= 4 is 0 Å². The fourth-order valence-electron chi connectivity index (χ4n) is 1.33. The Balaban J connectivity index is 2.41. The van der Waals surface area contributed by atoms with Gasteiger partial charge in [0.1, 0.15) is 12.3 Å². The lowest BCUT2D eigenvalue weighted by Gasteiger charge is -2.06. The first-order chi connectivity index (χ1) is 6.88. The summed E-state index contributed by atoms with van der Waals surface area (Å²) in [7, 11) is 3.42. The van der Waals surface area contributed by atoms with Gasteiger partial charge in [-0.15, -0.1) is 0 Å². The molecule has 78 valence electrons. The van der Waals surface area contributed by atoms with E-state index in [9.17, 15) is 0 Å². The van der Waals surface area contributed by atoms with Crippen LogP contribution in [0.2, 0.25) is 0 Å². The summed E-state index contributed by atoms with van der Waals surface area (Å²) in [5.41, 5.74) is 1.23. The number of rotatable bonds is 6. The number of para-hydroxylation sites is 1. The third kappa shape index (κ3) is 3.36. The summed E-state index contributed by atoms with van der Waals surface area (Å²) in [5, 5.41) is 2.21. The van der Waals surface area contributed by atoms with Gasteiger partial charge in [0.05, 0.1) is 20.3 Å². The van der Waals surface area contributed by atoms with Crippen LogP contribution in [0.5, 0.6) is 5.75 Å². The smallest absolute Gasteiger partial charge is 0.127 e. The summed E-state index contributed by atoms with van der Waals surface area (Å²) in [6, 6.07) is 8.08. The molecule has 0 radical (unpaired) electrons. The summed E-state index contributed by atoms with van der Waals surface area (Å²) in [6.07, 6.45) is 0. The Morgan fingerprint density at radius 3 is 2.71 bits per heavy atom. The Morgan fingerprint density at radius 2 is 2.00 bits per heavy atom. The van der Waals surface area contributed by atoms with Gasteiger partial charge in [0.25, 0.3) is 0 Å². The fraction of sp³-hybridized carbons (Fsp3) is 0.455. The summed E-state index contributed by atoms with van der Waals surface area (Å²) in [6.45, 7) is 2.71. The van der Waals surface area contributed by atoms with Crippen LogP contribution in [0.15, 0.2) is 24.3 Å². The topological polar surface area (TPSA) is 35.1 Å². The highest BCUT2D eigenvalue weighted by molar-refractivity contribution is 5.32. The quantitative estimate of drug-likeness (QED) is 0.669. The zero-order valence-electron chi connectivity index (χ0n) is 8.82. The Hall–Kier alpha value is -1.06. The van der Waals surface area contributed by atoms with Crippen molar-refractivity contribution in [1.82, 2.24) is 0 Å². The number of hydrogen-bond acceptors (Lipinski definition) is 2. The van der Waals surface area contributed by atoms with E-state index in [0.29, 0.717) is 0 Å². The molecule has 0 saturated heterocycles. The molecule has 1 aromatic carbocycles. The Labute approximate surface area is 85.0 Å². The molecule has 0 aliphatic carbocycles. The predicted octanol–water partition coefficient (Wildman–Crippen LogP) is 0.405. The second-order valence-corrected chi connectivity index (χ2v) is 3.09. The summed E-state index contributed by atoms with van der Waals surface area (Å²) in [5.74, 6) is 0.959. The van der Waals surface area contributed by atoms with Crippen LogP contribution >= 0.6 is 0 Å². The Kier molecular flexibility index (Phi) is 5.04. The zero-order valence-corrected chi connectivity index (χ0v) is 8.82. The maximum atomic E-state index is 5.25. The lowest BCUT2D eigenvalue weighted by Crippen LogP contribution is -2.83. The molecule has 0 atom stereocenters. The van der Waals surface area contributed by atoms with Crippen LogP contribution in [-0.2, 0) is 11.3 Å². The minimum Gasteiger partial charge on any atom is -0.496 e. The molecule has 3 heteroatoms. The monoisotopic (exact) mass is 196 g/mol. The predicted molar refractivity (Wildman–Crippen MR) is 55.4 cm³/mol. The van der Waals surface area contributed by atoms with Crippen LogP contribution in [0.25, 0.3) is 0 Å². The molecule has 0 aliphatic heterocycles. The molecule has 0 aromatic heterocycles. The standard InChI is InChI=1S/C11H17NO2/c1-13-8-7-12-9-10-5-3-4-6-11(10)14-2/h3-6,12H,7-9H2,1-2H3/p+1. The number of benzene rings is 1. The van der Waals surface area contributed by atoms with Crippen molar-refractivity contribution in [2.75, 3.05) is 27.4 Å². The fourth-order valence-corrected chi connectivity index (χ4v) is 1.33. The molecule has 0 fully saturated rings. The highest BCUT2D eigenvalue weighted by atomic mass is 16.5. The van der Waals surface area contributed by atoms with Gasteiger partial charge in [-0.3, -0.25) is 0 Å². The lowest BCUT2D eigenvalue weighted by molar-refractivity contribution is -0.671. The van der Waals surface area contributed by atoms with Crippen molar-refractivity contribution in [2.24, 2.45) is 0 Å². The third-order valence-corrected chi connectivity index (χ3v) is 2.08. The number of hydrogen-bond donors (Lipinski definition) is 1. The normalized spacial score (nSPS) is 10.1. The van der Waals surface area contributed by atoms with Crippen LogP contribution in [0.3, 0.4) is 0 Å². The van der Waals surface area contributed by atoms with Crippen molar-refractivity contribution in [1.29, 1.82) is 0 Å². The van der Waals surface area contributed by atoms with Crippen LogP contribution in [0.4, 0.5) is 0 Å². The van der Waals surface area contributed by atoms with Gasteiger partial charge in [-0.05, 0) is 12.1 Å². The van der Waals surface area contributed by atoms with Crippen molar-refractivity contribution in [2.45, 2.75) is 6.54 Å². The molecule has 14 heavy (non-hydrogen) atoms. The van der Waals surface area contributed by atoms with Crippen molar-refractivity contribution in [3.63, 3.8) is 0 Å². The second kappa shape index (κ2) is 6.40. The van der Waals surface area contributed by atoms with Gasteiger partial charge in [-0.1, -0.05) is 12.1 Å². The Morgan fingerprint density at radius 1 is 1.21 bits per heavy atom. The minimum absolute atomic E-state index is 0.787. The van der Waals surface area contributed by atoms with E-state index in [4.69, 9.17) is 9.47 Å². The first-order valence-electron chi connectivity index (χ1n) is 4.81. The van der Waals surface area contributed by atoms with E-state index in [0.717, 1.165) is 25.4 Å². The molecule has 0 saturated carbocycles. The molecular formula is C11H18NO2+. The van der Waals surface area contributed by atoms with Crippen molar-refractivity contribution < 1.29 is 14.8 Å². The van der Waals surface area contributed by atoms with E-state index in [1.54, 1.807) is 14.2 Å².